The number of hydrogen-bond donors (Lipinski definition) is 1. The van der Waals surface area contributed by atoms with E-state index in [-0.39, 0.29) is 11.3 Å². The number of nitro benzene ring substituents is 1. The van der Waals surface area contributed by atoms with Gasteiger partial charge in [0.1, 0.15) is 11.3 Å². The summed E-state index contributed by atoms with van der Waals surface area (Å²) in [5, 5.41) is 20.2. The van der Waals surface area contributed by atoms with E-state index in [1.54, 1.807) is 18.0 Å². The smallest absolute Gasteiger partial charge is 0.342 e. The molecule has 0 aliphatic heterocycles. The summed E-state index contributed by atoms with van der Waals surface area (Å²) in [7, 11) is 5.63. The maximum atomic E-state index is 11.1. The van der Waals surface area contributed by atoms with Gasteiger partial charge in [-0.15, -0.1) is 0 Å². The highest BCUT2D eigenvalue weighted by Crippen LogP contribution is 2.31. The lowest BCUT2D eigenvalue weighted by atomic mass is 10.1. The van der Waals surface area contributed by atoms with Gasteiger partial charge in [-0.05, 0) is 39.2 Å². The Morgan fingerprint density at radius 3 is 2.45 bits per heavy atom. The zero-order chi connectivity index (χ0) is 15.3. The number of anilines is 1. The van der Waals surface area contributed by atoms with Gasteiger partial charge in [-0.1, -0.05) is 6.07 Å². The molecule has 0 unspecified atom stereocenters. The van der Waals surface area contributed by atoms with Crippen molar-refractivity contribution in [3.8, 4) is 0 Å². The maximum absolute atomic E-state index is 11.1. The van der Waals surface area contributed by atoms with Crippen molar-refractivity contribution in [1.29, 1.82) is 0 Å². The average Bonchev–Trinajstić information content (AvgIpc) is 2.36. The number of carboxylic acid groups (broad SMARTS) is 1. The first-order chi connectivity index (χ1) is 9.34. The zero-order valence-electron chi connectivity index (χ0n) is 11.9. The Labute approximate surface area is 117 Å². The first kappa shape index (κ1) is 15.9. The molecule has 7 nitrogen and oxygen atoms in total. The summed E-state index contributed by atoms with van der Waals surface area (Å²) in [6, 6.07) is 4.34. The Balaban J connectivity index is 3.02. The lowest BCUT2D eigenvalue weighted by molar-refractivity contribution is -0.384. The van der Waals surface area contributed by atoms with Crippen molar-refractivity contribution >= 4 is 17.3 Å². The Kier molecular flexibility index (Phi) is 5.45. The highest BCUT2D eigenvalue weighted by Gasteiger charge is 2.25. The zero-order valence-corrected chi connectivity index (χ0v) is 11.9. The molecule has 1 aromatic carbocycles. The first-order valence-electron chi connectivity index (χ1n) is 6.21. The number of hydrogen-bond acceptors (Lipinski definition) is 5. The van der Waals surface area contributed by atoms with E-state index >= 15 is 0 Å². The summed E-state index contributed by atoms with van der Waals surface area (Å²) in [6.45, 7) is 1.47. The van der Waals surface area contributed by atoms with Crippen LogP contribution in [0.15, 0.2) is 18.2 Å². The molecule has 0 atom stereocenters. The van der Waals surface area contributed by atoms with E-state index in [1.807, 2.05) is 19.0 Å². The summed E-state index contributed by atoms with van der Waals surface area (Å²) >= 11 is 0. The largest absolute Gasteiger partial charge is 0.477 e. The van der Waals surface area contributed by atoms with Crippen molar-refractivity contribution in [3.05, 3.63) is 33.9 Å². The average molecular weight is 281 g/mol. The Bertz CT molecular complexity index is 502. The fourth-order valence-corrected chi connectivity index (χ4v) is 1.95. The van der Waals surface area contributed by atoms with E-state index < -0.39 is 10.9 Å². The van der Waals surface area contributed by atoms with Crippen LogP contribution in [-0.2, 0) is 0 Å². The van der Waals surface area contributed by atoms with Crippen LogP contribution in [0.25, 0.3) is 0 Å². The molecule has 0 radical (unpaired) electrons. The Morgan fingerprint density at radius 1 is 1.30 bits per heavy atom. The number of carboxylic acids is 1. The van der Waals surface area contributed by atoms with E-state index in [2.05, 4.69) is 0 Å². The van der Waals surface area contributed by atoms with Crippen LogP contribution in [0.4, 0.5) is 11.4 Å². The third-order valence-electron chi connectivity index (χ3n) is 2.94. The standard InChI is InChI=1S/C13H19N3O4/c1-14(2)8-5-9-15(3)11-7-4-6-10(13(17)18)12(11)16(19)20/h4,6-7H,5,8-9H2,1-3H3,(H,17,18). The van der Waals surface area contributed by atoms with Crippen LogP contribution in [0, 0.1) is 10.1 Å². The second-order valence-electron chi connectivity index (χ2n) is 4.81. The first-order valence-corrected chi connectivity index (χ1v) is 6.21. The third kappa shape index (κ3) is 3.92. The molecule has 0 saturated carbocycles. The van der Waals surface area contributed by atoms with Crippen molar-refractivity contribution < 1.29 is 14.8 Å². The second-order valence-corrected chi connectivity index (χ2v) is 4.81. The number of nitro groups is 1. The number of rotatable bonds is 7. The van der Waals surface area contributed by atoms with Crippen LogP contribution in [0.1, 0.15) is 16.8 Å². The van der Waals surface area contributed by atoms with Gasteiger partial charge in [0.2, 0.25) is 0 Å². The molecule has 0 fully saturated rings. The van der Waals surface area contributed by atoms with E-state index in [0.29, 0.717) is 12.2 Å². The molecule has 0 amide bonds. The molecule has 0 aliphatic carbocycles. The SMILES string of the molecule is CN(C)CCCN(C)c1cccc(C(=O)O)c1[N+](=O)[O-]. The van der Waals surface area contributed by atoms with Crippen LogP contribution in [0.2, 0.25) is 0 Å². The summed E-state index contributed by atoms with van der Waals surface area (Å²) in [5.74, 6) is -1.29. The second kappa shape index (κ2) is 6.85. The third-order valence-corrected chi connectivity index (χ3v) is 2.94. The van der Waals surface area contributed by atoms with Crippen LogP contribution in [-0.4, -0.2) is 55.1 Å². The molecule has 110 valence electrons. The topological polar surface area (TPSA) is 86.9 Å². The van der Waals surface area contributed by atoms with Gasteiger partial charge in [0.15, 0.2) is 0 Å². The normalized spacial score (nSPS) is 10.6. The Hall–Kier alpha value is -2.15. The molecule has 20 heavy (non-hydrogen) atoms. The summed E-state index contributed by atoms with van der Waals surface area (Å²) in [5.41, 5.74) is -0.312. The molecule has 1 N–H and O–H groups in total. The van der Waals surface area contributed by atoms with Gasteiger partial charge in [0.05, 0.1) is 4.92 Å². The lowest BCUT2D eigenvalue weighted by Gasteiger charge is -2.20. The lowest BCUT2D eigenvalue weighted by Crippen LogP contribution is -2.24. The van der Waals surface area contributed by atoms with Crippen LogP contribution < -0.4 is 4.90 Å². The molecular formula is C13H19N3O4. The minimum atomic E-state index is -1.29. The van der Waals surface area contributed by atoms with Crippen molar-refractivity contribution in [2.24, 2.45) is 0 Å². The van der Waals surface area contributed by atoms with Gasteiger partial charge >= 0.3 is 11.7 Å². The maximum Gasteiger partial charge on any atom is 0.342 e. The number of carbonyl (C=O) groups is 1. The quantitative estimate of drug-likeness (QED) is 0.604. The predicted molar refractivity (Wildman–Crippen MR) is 76.5 cm³/mol. The summed E-state index contributed by atoms with van der Waals surface area (Å²) < 4.78 is 0. The van der Waals surface area contributed by atoms with Gasteiger partial charge in [0, 0.05) is 13.6 Å². The molecule has 1 aromatic rings. The molecule has 0 saturated heterocycles. The minimum absolute atomic E-state index is 0.285. The van der Waals surface area contributed by atoms with Gasteiger partial charge in [-0.2, -0.15) is 0 Å². The fraction of sp³-hybridized carbons (Fsp3) is 0.462. The van der Waals surface area contributed by atoms with E-state index in [4.69, 9.17) is 5.11 Å². The Morgan fingerprint density at radius 2 is 1.95 bits per heavy atom. The number of para-hydroxylation sites is 1. The number of aromatic carboxylic acids is 1. The fourth-order valence-electron chi connectivity index (χ4n) is 1.95. The number of benzene rings is 1. The van der Waals surface area contributed by atoms with Gasteiger partial charge in [-0.3, -0.25) is 10.1 Å². The predicted octanol–water partition coefficient (Wildman–Crippen LogP) is 1.68. The highest BCUT2D eigenvalue weighted by atomic mass is 16.6. The van der Waals surface area contributed by atoms with Crippen LogP contribution >= 0.6 is 0 Å². The van der Waals surface area contributed by atoms with Gasteiger partial charge in [0.25, 0.3) is 0 Å². The molecule has 0 spiro atoms. The van der Waals surface area contributed by atoms with Crippen molar-refractivity contribution in [2.45, 2.75) is 6.42 Å². The van der Waals surface area contributed by atoms with Crippen molar-refractivity contribution in [2.75, 3.05) is 39.1 Å². The highest BCUT2D eigenvalue weighted by molar-refractivity contribution is 5.95. The summed E-state index contributed by atoms with van der Waals surface area (Å²) in [6.07, 6.45) is 0.831. The van der Waals surface area contributed by atoms with Crippen molar-refractivity contribution in [3.63, 3.8) is 0 Å². The minimum Gasteiger partial charge on any atom is -0.477 e. The molecule has 0 heterocycles. The molecular weight excluding hydrogens is 262 g/mol. The molecule has 0 aliphatic rings. The van der Waals surface area contributed by atoms with Gasteiger partial charge in [-0.25, -0.2) is 4.79 Å². The summed E-state index contributed by atoms with van der Waals surface area (Å²) in [4.78, 5) is 25.3. The van der Waals surface area contributed by atoms with Crippen molar-refractivity contribution in [1.82, 2.24) is 4.90 Å². The monoisotopic (exact) mass is 281 g/mol. The molecule has 0 bridgehead atoms. The van der Waals surface area contributed by atoms with E-state index in [9.17, 15) is 14.9 Å². The van der Waals surface area contributed by atoms with E-state index in [1.165, 1.54) is 12.1 Å². The number of nitrogens with zero attached hydrogens (tertiary/aromatic N) is 3. The molecule has 0 aromatic heterocycles. The molecule has 7 heteroatoms. The van der Waals surface area contributed by atoms with Crippen LogP contribution in [0.3, 0.4) is 0 Å². The van der Waals surface area contributed by atoms with Gasteiger partial charge < -0.3 is 14.9 Å². The molecule has 1 rings (SSSR count). The van der Waals surface area contributed by atoms with Crippen LogP contribution in [0.5, 0.6) is 0 Å². The van der Waals surface area contributed by atoms with E-state index in [0.717, 1.165) is 13.0 Å².